The van der Waals surface area contributed by atoms with Crippen molar-refractivity contribution in [3.8, 4) is 11.5 Å². The number of nitrogens with one attached hydrogen (secondary N) is 1. The molecule has 1 heterocycles. The van der Waals surface area contributed by atoms with Crippen molar-refractivity contribution in [2.75, 3.05) is 13.1 Å². The van der Waals surface area contributed by atoms with Crippen molar-refractivity contribution < 1.29 is 14.3 Å². The Bertz CT molecular complexity index is 819. The lowest BCUT2D eigenvalue weighted by Gasteiger charge is -2.32. The number of carbonyl (C=O) groups is 2. The number of piperidine rings is 1. The number of para-hydroxylation sites is 1. The van der Waals surface area contributed by atoms with Gasteiger partial charge in [0.15, 0.2) is 0 Å². The number of primary amides is 1. The average molecular weight is 419 g/mol. The second-order valence-electron chi connectivity index (χ2n) is 6.99. The monoisotopic (exact) mass is 418 g/mol. The minimum absolute atomic E-state index is 0. The second-order valence-corrected chi connectivity index (χ2v) is 6.99. The van der Waals surface area contributed by atoms with E-state index in [1.165, 1.54) is 0 Å². The van der Waals surface area contributed by atoms with E-state index in [4.69, 9.17) is 16.2 Å². The minimum Gasteiger partial charge on any atom is -0.457 e. The van der Waals surface area contributed by atoms with Crippen LogP contribution < -0.4 is 21.5 Å². The lowest BCUT2D eigenvalue weighted by molar-refractivity contribution is -0.132. The van der Waals surface area contributed by atoms with Gasteiger partial charge < -0.3 is 26.4 Å². The smallest absolute Gasteiger partial charge is 0.312 e. The molecule has 1 fully saturated rings. The molecule has 3 rings (SSSR count). The number of hydrogen-bond acceptors (Lipinski definition) is 4. The van der Waals surface area contributed by atoms with Crippen LogP contribution in [0.15, 0.2) is 54.6 Å². The van der Waals surface area contributed by atoms with Gasteiger partial charge in [0.25, 0.3) is 0 Å². The highest BCUT2D eigenvalue weighted by atomic mass is 35.5. The summed E-state index contributed by atoms with van der Waals surface area (Å²) in [7, 11) is 0. The first-order valence-corrected chi connectivity index (χ1v) is 9.43. The van der Waals surface area contributed by atoms with E-state index in [-0.39, 0.29) is 30.8 Å². The van der Waals surface area contributed by atoms with Gasteiger partial charge in [-0.3, -0.25) is 4.79 Å². The molecule has 2 atom stereocenters. The Hall–Kier alpha value is -2.77. The summed E-state index contributed by atoms with van der Waals surface area (Å²) in [6.45, 7) is 1.23. The Kier molecular flexibility index (Phi) is 8.30. The average Bonchev–Trinajstić information content (AvgIpc) is 2.68. The molecule has 156 valence electrons. The van der Waals surface area contributed by atoms with Crippen molar-refractivity contribution in [1.82, 2.24) is 10.2 Å². The third kappa shape index (κ3) is 6.66. The van der Waals surface area contributed by atoms with E-state index in [1.807, 2.05) is 54.6 Å². The van der Waals surface area contributed by atoms with Gasteiger partial charge in [0, 0.05) is 19.1 Å². The van der Waals surface area contributed by atoms with Crippen molar-refractivity contribution in [3.63, 3.8) is 0 Å². The predicted molar refractivity (Wildman–Crippen MR) is 114 cm³/mol. The number of halogens is 1. The van der Waals surface area contributed by atoms with E-state index in [1.54, 1.807) is 4.90 Å². The summed E-state index contributed by atoms with van der Waals surface area (Å²) in [6.07, 6.45) is 1.93. The highest BCUT2D eigenvalue weighted by Crippen LogP contribution is 2.26. The van der Waals surface area contributed by atoms with E-state index in [9.17, 15) is 9.59 Å². The van der Waals surface area contributed by atoms with Crippen molar-refractivity contribution >= 4 is 24.3 Å². The molecule has 1 saturated heterocycles. The lowest BCUT2D eigenvalue weighted by Crippen LogP contribution is -2.47. The number of rotatable bonds is 6. The van der Waals surface area contributed by atoms with Gasteiger partial charge in [0.1, 0.15) is 11.5 Å². The zero-order valence-electron chi connectivity index (χ0n) is 16.1. The number of urea groups is 1. The van der Waals surface area contributed by atoms with E-state index >= 15 is 0 Å². The first-order chi connectivity index (χ1) is 13.5. The Labute approximate surface area is 176 Å². The van der Waals surface area contributed by atoms with Gasteiger partial charge in [0.2, 0.25) is 5.91 Å². The van der Waals surface area contributed by atoms with Crippen LogP contribution >= 0.6 is 12.4 Å². The number of nitrogens with zero attached hydrogens (tertiary/aromatic N) is 1. The molecule has 0 bridgehead atoms. The lowest BCUT2D eigenvalue weighted by atomic mass is 10.0. The van der Waals surface area contributed by atoms with Crippen LogP contribution in [0.4, 0.5) is 4.79 Å². The minimum atomic E-state index is -0.678. The second kappa shape index (κ2) is 10.7. The van der Waals surface area contributed by atoms with E-state index in [0.717, 1.165) is 18.4 Å². The summed E-state index contributed by atoms with van der Waals surface area (Å²) in [5.41, 5.74) is 12.1. The molecule has 3 amide bonds. The van der Waals surface area contributed by atoms with Crippen molar-refractivity contribution in [2.24, 2.45) is 11.5 Å². The molecule has 2 unspecified atom stereocenters. The summed E-state index contributed by atoms with van der Waals surface area (Å²) < 4.78 is 5.85. The van der Waals surface area contributed by atoms with Crippen LogP contribution in [-0.4, -0.2) is 36.0 Å². The number of benzene rings is 2. The molecule has 5 N–H and O–H groups in total. The quantitative estimate of drug-likeness (QED) is 0.669. The molecule has 7 nitrogen and oxygen atoms in total. The fourth-order valence-corrected chi connectivity index (χ4v) is 3.38. The molecule has 2 aromatic carbocycles. The first kappa shape index (κ1) is 22.5. The molecule has 0 spiro atoms. The third-order valence-corrected chi connectivity index (χ3v) is 4.75. The van der Waals surface area contributed by atoms with Crippen LogP contribution in [0, 0.1) is 0 Å². The number of carbonyl (C=O) groups excluding carboxylic acids is 2. The Morgan fingerprint density at radius 3 is 2.55 bits per heavy atom. The maximum atomic E-state index is 12.7. The highest BCUT2D eigenvalue weighted by Gasteiger charge is 2.25. The summed E-state index contributed by atoms with van der Waals surface area (Å²) >= 11 is 0. The van der Waals surface area contributed by atoms with Crippen LogP contribution in [0.2, 0.25) is 0 Å². The van der Waals surface area contributed by atoms with Crippen molar-refractivity contribution in [2.45, 2.75) is 31.3 Å². The fraction of sp³-hybridized carbons (Fsp3) is 0.333. The van der Waals surface area contributed by atoms with Gasteiger partial charge in [-0.15, -0.1) is 12.4 Å². The molecule has 1 aliphatic rings. The topological polar surface area (TPSA) is 111 Å². The molecule has 8 heteroatoms. The van der Waals surface area contributed by atoms with Gasteiger partial charge in [-0.25, -0.2) is 4.79 Å². The van der Waals surface area contributed by atoms with Crippen LogP contribution in [0.5, 0.6) is 11.5 Å². The number of likely N-dealkylation sites (tertiary alicyclic amines) is 1. The van der Waals surface area contributed by atoms with Crippen molar-refractivity contribution in [3.05, 3.63) is 60.2 Å². The fourth-order valence-electron chi connectivity index (χ4n) is 3.38. The number of amides is 3. The summed E-state index contributed by atoms with van der Waals surface area (Å²) in [5.74, 6) is 1.27. The summed E-state index contributed by atoms with van der Waals surface area (Å²) in [6, 6.07) is 15.5. The molecule has 1 aliphatic heterocycles. The van der Waals surface area contributed by atoms with Crippen LogP contribution in [0.1, 0.15) is 30.9 Å². The number of ether oxygens (including phenoxy) is 1. The molecule has 0 aliphatic carbocycles. The van der Waals surface area contributed by atoms with E-state index in [0.29, 0.717) is 24.6 Å². The normalized spacial score (nSPS) is 17.0. The summed E-state index contributed by atoms with van der Waals surface area (Å²) in [4.78, 5) is 26.0. The van der Waals surface area contributed by atoms with Crippen LogP contribution in [-0.2, 0) is 4.79 Å². The SMILES string of the molecule is Cl.NC(=O)NC(CC(=O)N1CCCC(N)C1)c1cccc(Oc2ccccc2)c1. The van der Waals surface area contributed by atoms with Gasteiger partial charge in [0.05, 0.1) is 12.5 Å². The molecule has 0 aromatic heterocycles. The van der Waals surface area contributed by atoms with E-state index in [2.05, 4.69) is 5.32 Å². The number of hydrogen-bond donors (Lipinski definition) is 3. The van der Waals surface area contributed by atoms with E-state index < -0.39 is 12.1 Å². The first-order valence-electron chi connectivity index (χ1n) is 9.43. The molecule has 2 aromatic rings. The van der Waals surface area contributed by atoms with Gasteiger partial charge in [-0.2, -0.15) is 0 Å². The largest absolute Gasteiger partial charge is 0.457 e. The maximum absolute atomic E-state index is 12.7. The Morgan fingerprint density at radius 2 is 1.86 bits per heavy atom. The van der Waals surface area contributed by atoms with Gasteiger partial charge >= 0.3 is 6.03 Å². The van der Waals surface area contributed by atoms with Crippen LogP contribution in [0.25, 0.3) is 0 Å². The molecule has 0 radical (unpaired) electrons. The third-order valence-electron chi connectivity index (χ3n) is 4.75. The molecule has 0 saturated carbocycles. The van der Waals surface area contributed by atoms with Gasteiger partial charge in [-0.1, -0.05) is 30.3 Å². The molecular formula is C21H27ClN4O3. The van der Waals surface area contributed by atoms with Gasteiger partial charge in [-0.05, 0) is 42.7 Å². The van der Waals surface area contributed by atoms with Crippen molar-refractivity contribution in [1.29, 1.82) is 0 Å². The number of nitrogens with two attached hydrogens (primary N) is 2. The highest BCUT2D eigenvalue weighted by molar-refractivity contribution is 5.85. The Morgan fingerprint density at radius 1 is 1.14 bits per heavy atom. The Balaban J connectivity index is 0.00000300. The summed E-state index contributed by atoms with van der Waals surface area (Å²) in [5, 5.41) is 2.67. The predicted octanol–water partition coefficient (Wildman–Crippen LogP) is 2.95. The maximum Gasteiger partial charge on any atom is 0.312 e. The molecule has 29 heavy (non-hydrogen) atoms. The molecular weight excluding hydrogens is 392 g/mol. The standard InChI is InChI=1S/C21H26N4O3.ClH/c22-16-7-5-11-25(14-16)20(26)13-19(24-21(23)27)15-6-4-10-18(12-15)28-17-8-2-1-3-9-17;/h1-4,6,8-10,12,16,19H,5,7,11,13-14,22H2,(H3,23,24,27);1H. The zero-order valence-corrected chi connectivity index (χ0v) is 16.9. The zero-order chi connectivity index (χ0) is 19.9. The van der Waals surface area contributed by atoms with Crippen LogP contribution in [0.3, 0.4) is 0 Å².